The Bertz CT molecular complexity index is 707. The second kappa shape index (κ2) is 5.67. The van der Waals surface area contributed by atoms with Gasteiger partial charge in [0, 0.05) is 11.6 Å². The quantitative estimate of drug-likeness (QED) is 0.906. The average molecular weight is 299 g/mol. The molecular formula is C17H17NO4. The number of carboxylic acid groups (broad SMARTS) is 1. The molecule has 5 heteroatoms. The van der Waals surface area contributed by atoms with E-state index in [2.05, 4.69) is 17.4 Å². The van der Waals surface area contributed by atoms with Crippen LogP contribution in [0.4, 0.5) is 0 Å². The number of benzene rings is 1. The fourth-order valence-corrected chi connectivity index (χ4v) is 2.99. The van der Waals surface area contributed by atoms with Crippen LogP contribution in [0.5, 0.6) is 0 Å². The number of furan rings is 1. The van der Waals surface area contributed by atoms with Gasteiger partial charge in [0.15, 0.2) is 0 Å². The van der Waals surface area contributed by atoms with Gasteiger partial charge < -0.3 is 14.8 Å². The number of carbonyl (C=O) groups excluding carboxylic acids is 1. The SMILES string of the molecule is Cc1coc(CC(=O)O)c1C(=O)NC1Cc2ccccc2C1. The van der Waals surface area contributed by atoms with Crippen molar-refractivity contribution < 1.29 is 19.1 Å². The number of aliphatic carboxylic acids is 1. The van der Waals surface area contributed by atoms with Crippen LogP contribution in [0.1, 0.15) is 32.8 Å². The second-order valence-electron chi connectivity index (χ2n) is 5.63. The van der Waals surface area contributed by atoms with Crippen LogP contribution in [-0.4, -0.2) is 23.0 Å². The molecule has 1 aliphatic carbocycles. The molecule has 22 heavy (non-hydrogen) atoms. The standard InChI is InChI=1S/C17H17NO4/c1-10-9-22-14(8-15(19)20)16(10)17(21)18-13-6-11-4-2-3-5-12(11)7-13/h2-5,9,13H,6-8H2,1H3,(H,18,21)(H,19,20). The third kappa shape index (κ3) is 2.74. The smallest absolute Gasteiger partial charge is 0.311 e. The third-order valence-corrected chi connectivity index (χ3v) is 3.98. The monoisotopic (exact) mass is 299 g/mol. The normalized spacial score (nSPS) is 13.9. The Morgan fingerprint density at radius 3 is 2.50 bits per heavy atom. The summed E-state index contributed by atoms with van der Waals surface area (Å²) in [4.78, 5) is 23.3. The third-order valence-electron chi connectivity index (χ3n) is 3.98. The van der Waals surface area contributed by atoms with Gasteiger partial charge >= 0.3 is 5.97 Å². The van der Waals surface area contributed by atoms with Crippen molar-refractivity contribution in [3.8, 4) is 0 Å². The van der Waals surface area contributed by atoms with Gasteiger partial charge in [0.2, 0.25) is 0 Å². The van der Waals surface area contributed by atoms with Crippen molar-refractivity contribution >= 4 is 11.9 Å². The van der Waals surface area contributed by atoms with E-state index < -0.39 is 5.97 Å². The molecular weight excluding hydrogens is 282 g/mol. The van der Waals surface area contributed by atoms with Crippen molar-refractivity contribution in [1.29, 1.82) is 0 Å². The number of hydrogen-bond acceptors (Lipinski definition) is 3. The Morgan fingerprint density at radius 2 is 1.91 bits per heavy atom. The summed E-state index contributed by atoms with van der Waals surface area (Å²) in [6.45, 7) is 1.74. The highest BCUT2D eigenvalue weighted by molar-refractivity contribution is 5.97. The molecule has 1 amide bonds. The first-order valence-corrected chi connectivity index (χ1v) is 7.21. The van der Waals surface area contributed by atoms with E-state index >= 15 is 0 Å². The van der Waals surface area contributed by atoms with E-state index in [4.69, 9.17) is 9.52 Å². The second-order valence-corrected chi connectivity index (χ2v) is 5.63. The fourth-order valence-electron chi connectivity index (χ4n) is 2.99. The Labute approximate surface area is 127 Å². The molecule has 3 rings (SSSR count). The molecule has 0 spiro atoms. The van der Waals surface area contributed by atoms with E-state index in [1.807, 2.05) is 12.1 Å². The summed E-state index contributed by atoms with van der Waals surface area (Å²) >= 11 is 0. The van der Waals surface area contributed by atoms with Crippen LogP contribution >= 0.6 is 0 Å². The largest absolute Gasteiger partial charge is 0.481 e. The molecule has 1 aromatic heterocycles. The van der Waals surface area contributed by atoms with E-state index in [0.717, 1.165) is 12.8 Å². The van der Waals surface area contributed by atoms with Crippen molar-refractivity contribution in [2.24, 2.45) is 0 Å². The lowest BCUT2D eigenvalue weighted by molar-refractivity contribution is -0.136. The first kappa shape index (κ1) is 14.4. The summed E-state index contributed by atoms with van der Waals surface area (Å²) in [5.74, 6) is -1.07. The average Bonchev–Trinajstić information content (AvgIpc) is 3.01. The molecule has 5 nitrogen and oxygen atoms in total. The lowest BCUT2D eigenvalue weighted by Crippen LogP contribution is -2.36. The van der Waals surface area contributed by atoms with E-state index in [9.17, 15) is 9.59 Å². The summed E-state index contributed by atoms with van der Waals surface area (Å²) in [5, 5.41) is 11.9. The van der Waals surface area contributed by atoms with Gasteiger partial charge in [-0.15, -0.1) is 0 Å². The number of nitrogens with one attached hydrogen (secondary N) is 1. The summed E-state index contributed by atoms with van der Waals surface area (Å²) < 4.78 is 5.21. The highest BCUT2D eigenvalue weighted by atomic mass is 16.4. The zero-order valence-electron chi connectivity index (χ0n) is 12.3. The predicted molar refractivity (Wildman–Crippen MR) is 79.9 cm³/mol. The molecule has 0 unspecified atom stereocenters. The number of fused-ring (bicyclic) bond motifs is 1. The molecule has 0 radical (unpaired) electrons. The van der Waals surface area contributed by atoms with E-state index in [1.54, 1.807) is 6.92 Å². The molecule has 1 aromatic carbocycles. The van der Waals surface area contributed by atoms with Gasteiger partial charge in [0.25, 0.3) is 5.91 Å². The van der Waals surface area contributed by atoms with Crippen LogP contribution in [0.3, 0.4) is 0 Å². The van der Waals surface area contributed by atoms with Crippen LogP contribution in [0.25, 0.3) is 0 Å². The Kier molecular flexibility index (Phi) is 3.71. The molecule has 0 saturated heterocycles. The minimum atomic E-state index is -1.02. The van der Waals surface area contributed by atoms with Crippen LogP contribution in [-0.2, 0) is 24.1 Å². The van der Waals surface area contributed by atoms with E-state index in [0.29, 0.717) is 11.1 Å². The maximum Gasteiger partial charge on any atom is 0.311 e. The van der Waals surface area contributed by atoms with Gasteiger partial charge in [-0.2, -0.15) is 0 Å². The van der Waals surface area contributed by atoms with Crippen molar-refractivity contribution in [2.45, 2.75) is 32.2 Å². The Morgan fingerprint density at radius 1 is 1.27 bits per heavy atom. The van der Waals surface area contributed by atoms with Crippen LogP contribution in [0, 0.1) is 6.92 Å². The maximum atomic E-state index is 12.5. The van der Waals surface area contributed by atoms with Gasteiger partial charge in [0.1, 0.15) is 12.2 Å². The molecule has 1 aliphatic rings. The molecule has 1 heterocycles. The lowest BCUT2D eigenvalue weighted by Gasteiger charge is -2.12. The molecule has 0 fully saturated rings. The summed E-state index contributed by atoms with van der Waals surface area (Å²) in [7, 11) is 0. The Hall–Kier alpha value is -2.56. The molecule has 2 aromatic rings. The van der Waals surface area contributed by atoms with Crippen molar-refractivity contribution in [2.75, 3.05) is 0 Å². The summed E-state index contributed by atoms with van der Waals surface area (Å²) in [6.07, 6.45) is 2.73. The minimum Gasteiger partial charge on any atom is -0.481 e. The zero-order chi connectivity index (χ0) is 15.7. The predicted octanol–water partition coefficient (Wildman–Crippen LogP) is 2.11. The number of aryl methyl sites for hydroxylation is 1. The van der Waals surface area contributed by atoms with Gasteiger partial charge in [-0.05, 0) is 30.9 Å². The van der Waals surface area contributed by atoms with Crippen LogP contribution in [0.2, 0.25) is 0 Å². The van der Waals surface area contributed by atoms with Crippen LogP contribution in [0.15, 0.2) is 34.9 Å². The summed E-state index contributed by atoms with van der Waals surface area (Å²) in [6, 6.07) is 8.17. The lowest BCUT2D eigenvalue weighted by atomic mass is 10.1. The maximum absolute atomic E-state index is 12.5. The molecule has 0 aliphatic heterocycles. The van der Waals surface area contributed by atoms with Gasteiger partial charge in [0.05, 0.1) is 11.8 Å². The first-order valence-electron chi connectivity index (χ1n) is 7.21. The minimum absolute atomic E-state index is 0.0388. The molecule has 0 bridgehead atoms. The fraction of sp³-hybridized carbons (Fsp3) is 0.294. The number of rotatable bonds is 4. The Balaban J connectivity index is 1.74. The number of hydrogen-bond donors (Lipinski definition) is 2. The molecule has 114 valence electrons. The highest BCUT2D eigenvalue weighted by Crippen LogP contribution is 2.23. The number of carbonyl (C=O) groups is 2. The summed E-state index contributed by atoms with van der Waals surface area (Å²) in [5.41, 5.74) is 3.51. The van der Waals surface area contributed by atoms with E-state index in [1.165, 1.54) is 17.4 Å². The molecule has 0 saturated carbocycles. The topological polar surface area (TPSA) is 79.5 Å². The molecule has 2 N–H and O–H groups in total. The number of amides is 1. The first-order chi connectivity index (χ1) is 10.5. The van der Waals surface area contributed by atoms with E-state index in [-0.39, 0.29) is 24.1 Å². The van der Waals surface area contributed by atoms with Crippen molar-refractivity contribution in [3.05, 3.63) is 58.5 Å². The highest BCUT2D eigenvalue weighted by Gasteiger charge is 2.26. The van der Waals surface area contributed by atoms with Crippen LogP contribution < -0.4 is 5.32 Å². The van der Waals surface area contributed by atoms with Crippen molar-refractivity contribution in [1.82, 2.24) is 5.32 Å². The van der Waals surface area contributed by atoms with Crippen molar-refractivity contribution in [3.63, 3.8) is 0 Å². The zero-order valence-corrected chi connectivity index (χ0v) is 12.3. The molecule has 0 atom stereocenters. The number of carboxylic acids is 1. The van der Waals surface area contributed by atoms with Gasteiger partial charge in [-0.3, -0.25) is 9.59 Å². The van der Waals surface area contributed by atoms with Gasteiger partial charge in [-0.25, -0.2) is 0 Å². The van der Waals surface area contributed by atoms with Gasteiger partial charge in [-0.1, -0.05) is 24.3 Å².